The number of hydrogen-bond donors (Lipinski definition) is 1. The average Bonchev–Trinajstić information content (AvgIpc) is 2.46. The molecule has 18 heavy (non-hydrogen) atoms. The lowest BCUT2D eigenvalue weighted by Gasteiger charge is -2.45. The van der Waals surface area contributed by atoms with Crippen LogP contribution >= 0.6 is 0 Å². The standard InChI is InChI=1S/C16H31NO/c1-2-14-8-6-7-11-16(14)17(12-13-18)15-9-4-3-5-10-15/h14-16,18H,2-13H2,1H3. The average molecular weight is 253 g/mol. The molecule has 0 aromatic carbocycles. The number of hydrogen-bond acceptors (Lipinski definition) is 2. The zero-order valence-electron chi connectivity index (χ0n) is 12.1. The first-order valence-electron chi connectivity index (χ1n) is 8.23. The summed E-state index contributed by atoms with van der Waals surface area (Å²) in [5.74, 6) is 0.882. The van der Waals surface area contributed by atoms with Crippen LogP contribution in [0.4, 0.5) is 0 Å². The largest absolute Gasteiger partial charge is 0.395 e. The van der Waals surface area contributed by atoms with Crippen molar-refractivity contribution in [3.05, 3.63) is 0 Å². The summed E-state index contributed by atoms with van der Waals surface area (Å²) in [6.45, 7) is 3.59. The summed E-state index contributed by atoms with van der Waals surface area (Å²) >= 11 is 0. The molecule has 0 amide bonds. The Balaban J connectivity index is 2.01. The van der Waals surface area contributed by atoms with Gasteiger partial charge in [0.15, 0.2) is 0 Å². The Kier molecular flexibility index (Phi) is 5.97. The van der Waals surface area contributed by atoms with Crippen LogP contribution in [0.5, 0.6) is 0 Å². The predicted octanol–water partition coefficient (Wildman–Crippen LogP) is 3.58. The first kappa shape index (κ1) is 14.3. The third kappa shape index (κ3) is 3.48. The van der Waals surface area contributed by atoms with Gasteiger partial charge < -0.3 is 5.11 Å². The molecule has 2 nitrogen and oxygen atoms in total. The van der Waals surface area contributed by atoms with Crippen molar-refractivity contribution in [2.24, 2.45) is 5.92 Å². The van der Waals surface area contributed by atoms with Crippen LogP contribution in [-0.4, -0.2) is 35.2 Å². The Morgan fingerprint density at radius 3 is 2.28 bits per heavy atom. The molecule has 2 unspecified atom stereocenters. The van der Waals surface area contributed by atoms with E-state index in [1.807, 2.05) is 0 Å². The Morgan fingerprint density at radius 2 is 1.61 bits per heavy atom. The van der Waals surface area contributed by atoms with Gasteiger partial charge in [-0.2, -0.15) is 0 Å². The Morgan fingerprint density at radius 1 is 0.944 bits per heavy atom. The van der Waals surface area contributed by atoms with E-state index in [0.29, 0.717) is 6.61 Å². The van der Waals surface area contributed by atoms with E-state index in [-0.39, 0.29) is 0 Å². The summed E-state index contributed by atoms with van der Waals surface area (Å²) in [7, 11) is 0. The third-order valence-corrected chi connectivity index (χ3v) is 5.22. The SMILES string of the molecule is CCC1CCCCC1N(CCO)C1CCCCC1. The van der Waals surface area contributed by atoms with E-state index in [1.165, 1.54) is 64.2 Å². The van der Waals surface area contributed by atoms with E-state index in [4.69, 9.17) is 0 Å². The molecular weight excluding hydrogens is 222 g/mol. The summed E-state index contributed by atoms with van der Waals surface area (Å²) in [6.07, 6.45) is 13.9. The molecule has 0 heterocycles. The minimum atomic E-state index is 0.337. The van der Waals surface area contributed by atoms with E-state index < -0.39 is 0 Å². The fraction of sp³-hybridized carbons (Fsp3) is 1.00. The maximum absolute atomic E-state index is 9.42. The van der Waals surface area contributed by atoms with Gasteiger partial charge in [0.1, 0.15) is 0 Å². The number of nitrogens with zero attached hydrogens (tertiary/aromatic N) is 1. The molecule has 0 spiro atoms. The van der Waals surface area contributed by atoms with Crippen molar-refractivity contribution in [1.82, 2.24) is 4.90 Å². The van der Waals surface area contributed by atoms with E-state index >= 15 is 0 Å². The second kappa shape index (κ2) is 7.49. The lowest BCUT2D eigenvalue weighted by Crippen LogP contribution is -2.49. The van der Waals surface area contributed by atoms with Crippen LogP contribution < -0.4 is 0 Å². The first-order chi connectivity index (χ1) is 8.86. The van der Waals surface area contributed by atoms with Crippen LogP contribution in [0.2, 0.25) is 0 Å². The van der Waals surface area contributed by atoms with E-state index in [1.54, 1.807) is 0 Å². The van der Waals surface area contributed by atoms with Gasteiger partial charge in [-0.3, -0.25) is 4.90 Å². The summed E-state index contributed by atoms with van der Waals surface area (Å²) < 4.78 is 0. The van der Waals surface area contributed by atoms with Gasteiger partial charge in [-0.15, -0.1) is 0 Å². The van der Waals surface area contributed by atoms with Crippen molar-refractivity contribution >= 4 is 0 Å². The normalized spacial score (nSPS) is 30.8. The predicted molar refractivity (Wildman–Crippen MR) is 76.7 cm³/mol. The molecule has 0 aromatic heterocycles. The van der Waals surface area contributed by atoms with Crippen LogP contribution in [0.1, 0.15) is 71.1 Å². The van der Waals surface area contributed by atoms with Crippen molar-refractivity contribution in [3.63, 3.8) is 0 Å². The molecule has 2 rings (SSSR count). The van der Waals surface area contributed by atoms with Crippen molar-refractivity contribution in [2.75, 3.05) is 13.2 Å². The Bertz CT molecular complexity index is 225. The van der Waals surface area contributed by atoms with Gasteiger partial charge >= 0.3 is 0 Å². The molecule has 2 atom stereocenters. The molecule has 2 aliphatic rings. The molecule has 2 heteroatoms. The van der Waals surface area contributed by atoms with E-state index in [2.05, 4.69) is 11.8 Å². The third-order valence-electron chi connectivity index (χ3n) is 5.22. The van der Waals surface area contributed by atoms with Crippen LogP contribution in [0.15, 0.2) is 0 Å². The molecule has 0 aromatic rings. The smallest absolute Gasteiger partial charge is 0.0558 e. The highest BCUT2D eigenvalue weighted by Crippen LogP contribution is 2.34. The monoisotopic (exact) mass is 253 g/mol. The second-order valence-electron chi connectivity index (χ2n) is 6.27. The van der Waals surface area contributed by atoms with Gasteiger partial charge in [0.05, 0.1) is 6.61 Å². The highest BCUT2D eigenvalue weighted by Gasteiger charge is 2.33. The zero-order chi connectivity index (χ0) is 12.8. The number of aliphatic hydroxyl groups excluding tert-OH is 1. The van der Waals surface area contributed by atoms with Crippen LogP contribution in [0.3, 0.4) is 0 Å². The van der Waals surface area contributed by atoms with Crippen LogP contribution in [0, 0.1) is 5.92 Å². The van der Waals surface area contributed by atoms with Gasteiger partial charge in [-0.05, 0) is 31.6 Å². The van der Waals surface area contributed by atoms with Crippen LogP contribution in [0.25, 0.3) is 0 Å². The maximum atomic E-state index is 9.42. The minimum Gasteiger partial charge on any atom is -0.395 e. The second-order valence-corrected chi connectivity index (χ2v) is 6.27. The molecule has 0 radical (unpaired) electrons. The van der Waals surface area contributed by atoms with Crippen molar-refractivity contribution < 1.29 is 5.11 Å². The lowest BCUT2D eigenvalue weighted by atomic mass is 9.80. The van der Waals surface area contributed by atoms with Gasteiger partial charge in [-0.25, -0.2) is 0 Å². The fourth-order valence-corrected chi connectivity index (χ4v) is 4.25. The minimum absolute atomic E-state index is 0.337. The van der Waals surface area contributed by atoms with Gasteiger partial charge in [0.25, 0.3) is 0 Å². The highest BCUT2D eigenvalue weighted by molar-refractivity contribution is 4.87. The molecule has 0 aliphatic heterocycles. The zero-order valence-corrected chi connectivity index (χ0v) is 12.1. The van der Waals surface area contributed by atoms with Crippen molar-refractivity contribution in [1.29, 1.82) is 0 Å². The van der Waals surface area contributed by atoms with Gasteiger partial charge in [0, 0.05) is 18.6 Å². The maximum Gasteiger partial charge on any atom is 0.0558 e. The highest BCUT2D eigenvalue weighted by atomic mass is 16.3. The molecule has 106 valence electrons. The van der Waals surface area contributed by atoms with Crippen molar-refractivity contribution in [3.8, 4) is 0 Å². The van der Waals surface area contributed by atoms with E-state index in [0.717, 1.165) is 24.5 Å². The van der Waals surface area contributed by atoms with Gasteiger partial charge in [0.2, 0.25) is 0 Å². The molecule has 0 saturated heterocycles. The molecule has 2 fully saturated rings. The Labute approximate surface area is 113 Å². The summed E-state index contributed by atoms with van der Waals surface area (Å²) in [6, 6.07) is 1.53. The molecule has 2 aliphatic carbocycles. The Hall–Kier alpha value is -0.0800. The van der Waals surface area contributed by atoms with Gasteiger partial charge in [-0.1, -0.05) is 45.4 Å². The molecule has 2 saturated carbocycles. The lowest BCUT2D eigenvalue weighted by molar-refractivity contribution is 0.0308. The summed E-state index contributed by atoms with van der Waals surface area (Å²) in [5.41, 5.74) is 0. The molecule has 0 bridgehead atoms. The topological polar surface area (TPSA) is 23.5 Å². The van der Waals surface area contributed by atoms with E-state index in [9.17, 15) is 5.11 Å². The quantitative estimate of drug-likeness (QED) is 0.809. The summed E-state index contributed by atoms with van der Waals surface area (Å²) in [4.78, 5) is 2.70. The fourth-order valence-electron chi connectivity index (χ4n) is 4.25. The van der Waals surface area contributed by atoms with Crippen molar-refractivity contribution in [2.45, 2.75) is 83.2 Å². The number of aliphatic hydroxyl groups is 1. The van der Waals surface area contributed by atoms with Crippen LogP contribution in [-0.2, 0) is 0 Å². The number of rotatable bonds is 5. The molecular formula is C16H31NO. The molecule has 1 N–H and O–H groups in total. The first-order valence-corrected chi connectivity index (χ1v) is 8.23. The summed E-state index contributed by atoms with van der Waals surface area (Å²) in [5, 5.41) is 9.42.